The lowest BCUT2D eigenvalue weighted by molar-refractivity contribution is 0.154. The molecule has 1 saturated heterocycles. The summed E-state index contributed by atoms with van der Waals surface area (Å²) < 4.78 is 0. The fourth-order valence-corrected chi connectivity index (χ4v) is 1.82. The van der Waals surface area contributed by atoms with Gasteiger partial charge in [-0.1, -0.05) is 6.07 Å². The molecule has 2 rings (SSSR count). The summed E-state index contributed by atoms with van der Waals surface area (Å²) in [5.74, 6) is 0.785. The van der Waals surface area contributed by atoms with Crippen molar-refractivity contribution < 1.29 is 5.11 Å². The van der Waals surface area contributed by atoms with E-state index < -0.39 is 0 Å². The first kappa shape index (κ1) is 9.94. The first-order chi connectivity index (χ1) is 7.29. The van der Waals surface area contributed by atoms with Crippen LogP contribution >= 0.6 is 0 Å². The summed E-state index contributed by atoms with van der Waals surface area (Å²) in [6, 6.07) is 7.40. The largest absolute Gasteiger partial charge is 0.391 e. The van der Waals surface area contributed by atoms with Crippen LogP contribution in [-0.4, -0.2) is 29.3 Å². The molecule has 1 aromatic heterocycles. The molecule has 1 aliphatic rings. The van der Waals surface area contributed by atoms with Crippen LogP contribution in [0.5, 0.6) is 0 Å². The molecule has 0 unspecified atom stereocenters. The molecule has 0 aliphatic carbocycles. The lowest BCUT2D eigenvalue weighted by Crippen LogP contribution is -2.38. The van der Waals surface area contributed by atoms with E-state index in [9.17, 15) is 5.11 Å². The number of nitrogens with zero attached hydrogens (tertiary/aromatic N) is 3. The Morgan fingerprint density at radius 1 is 1.53 bits per heavy atom. The number of hydrogen-bond donors (Lipinski definition) is 1. The van der Waals surface area contributed by atoms with Crippen molar-refractivity contribution in [3.05, 3.63) is 23.9 Å². The van der Waals surface area contributed by atoms with E-state index in [1.165, 1.54) is 0 Å². The summed E-state index contributed by atoms with van der Waals surface area (Å²) in [6.07, 6.45) is 1.56. The zero-order valence-electron chi connectivity index (χ0n) is 8.43. The predicted molar refractivity (Wildman–Crippen MR) is 56.4 cm³/mol. The number of aromatic nitrogens is 1. The molecule has 0 spiro atoms. The Morgan fingerprint density at radius 3 is 3.13 bits per heavy atom. The van der Waals surface area contributed by atoms with Crippen LogP contribution in [0.1, 0.15) is 18.5 Å². The minimum atomic E-state index is -0.272. The molecule has 0 saturated carbocycles. The van der Waals surface area contributed by atoms with Gasteiger partial charge in [0.15, 0.2) is 0 Å². The molecule has 1 fully saturated rings. The van der Waals surface area contributed by atoms with Gasteiger partial charge in [-0.15, -0.1) is 0 Å². The van der Waals surface area contributed by atoms with Crippen LogP contribution < -0.4 is 4.90 Å². The van der Waals surface area contributed by atoms with Gasteiger partial charge in [0, 0.05) is 13.1 Å². The van der Waals surface area contributed by atoms with Gasteiger partial charge in [-0.3, -0.25) is 0 Å². The summed E-state index contributed by atoms with van der Waals surface area (Å²) in [5, 5.41) is 18.3. The number of hydrogen-bond acceptors (Lipinski definition) is 4. The average Bonchev–Trinajstić information content (AvgIpc) is 2.29. The third-order valence-corrected chi connectivity index (χ3v) is 2.57. The average molecular weight is 203 g/mol. The lowest BCUT2D eigenvalue weighted by Gasteiger charge is -2.30. The van der Waals surface area contributed by atoms with Crippen molar-refractivity contribution >= 4 is 5.82 Å². The SMILES string of the molecule is N#Cc1cccc(N2CCC[C@H](O)C2)n1. The third kappa shape index (κ3) is 2.25. The number of aliphatic hydroxyl groups is 1. The fourth-order valence-electron chi connectivity index (χ4n) is 1.82. The fraction of sp³-hybridized carbons (Fsp3) is 0.455. The number of piperidine rings is 1. The number of pyridine rings is 1. The molecule has 4 nitrogen and oxygen atoms in total. The number of β-amino-alcohol motifs (C(OH)–C–C–N with tert-alkyl or cyclic N) is 1. The van der Waals surface area contributed by atoms with E-state index in [-0.39, 0.29) is 6.10 Å². The molecule has 1 atom stereocenters. The van der Waals surface area contributed by atoms with Crippen molar-refractivity contribution in [3.8, 4) is 6.07 Å². The van der Waals surface area contributed by atoms with Crippen LogP contribution in [0.4, 0.5) is 5.82 Å². The molecule has 0 radical (unpaired) electrons. The zero-order chi connectivity index (χ0) is 10.7. The number of rotatable bonds is 1. The highest BCUT2D eigenvalue weighted by Gasteiger charge is 2.18. The van der Waals surface area contributed by atoms with Crippen LogP contribution in [-0.2, 0) is 0 Å². The Balaban J connectivity index is 2.18. The second-order valence-electron chi connectivity index (χ2n) is 3.73. The molecule has 1 aromatic rings. The van der Waals surface area contributed by atoms with Gasteiger partial charge >= 0.3 is 0 Å². The normalized spacial score (nSPS) is 21.1. The van der Waals surface area contributed by atoms with E-state index in [2.05, 4.69) is 4.98 Å². The standard InChI is InChI=1S/C11H13N3O/c12-7-9-3-1-5-11(13-9)14-6-2-4-10(15)8-14/h1,3,5,10,15H,2,4,6,8H2/t10-/m0/s1. The molecular formula is C11H13N3O. The maximum Gasteiger partial charge on any atom is 0.142 e. The molecule has 0 aromatic carbocycles. The van der Waals surface area contributed by atoms with E-state index in [0.29, 0.717) is 12.2 Å². The van der Waals surface area contributed by atoms with Crippen molar-refractivity contribution in [1.82, 2.24) is 4.98 Å². The molecule has 4 heteroatoms. The maximum atomic E-state index is 9.53. The maximum absolute atomic E-state index is 9.53. The topological polar surface area (TPSA) is 60.2 Å². The Bertz CT molecular complexity index is 386. The number of anilines is 1. The second kappa shape index (κ2) is 4.28. The lowest BCUT2D eigenvalue weighted by atomic mass is 10.1. The van der Waals surface area contributed by atoms with Gasteiger partial charge in [-0.05, 0) is 25.0 Å². The Morgan fingerprint density at radius 2 is 2.40 bits per heavy atom. The summed E-state index contributed by atoms with van der Waals surface area (Å²) in [7, 11) is 0. The van der Waals surface area contributed by atoms with Crippen LogP contribution in [0.3, 0.4) is 0 Å². The Hall–Kier alpha value is -1.60. The van der Waals surface area contributed by atoms with Crippen LogP contribution in [0, 0.1) is 11.3 Å². The molecule has 15 heavy (non-hydrogen) atoms. The smallest absolute Gasteiger partial charge is 0.142 e. The van der Waals surface area contributed by atoms with Gasteiger partial charge < -0.3 is 10.0 Å². The van der Waals surface area contributed by atoms with Gasteiger partial charge in [0.1, 0.15) is 17.6 Å². The summed E-state index contributed by atoms with van der Waals surface area (Å²) in [5.41, 5.74) is 0.424. The molecule has 1 aliphatic heterocycles. The molecule has 0 amide bonds. The van der Waals surface area contributed by atoms with E-state index in [1.807, 2.05) is 23.1 Å². The monoisotopic (exact) mass is 203 g/mol. The Labute approximate surface area is 88.8 Å². The third-order valence-electron chi connectivity index (χ3n) is 2.57. The van der Waals surface area contributed by atoms with Gasteiger partial charge in [-0.2, -0.15) is 5.26 Å². The van der Waals surface area contributed by atoms with Crippen molar-refractivity contribution in [2.75, 3.05) is 18.0 Å². The quantitative estimate of drug-likeness (QED) is 0.737. The molecule has 0 bridgehead atoms. The summed E-state index contributed by atoms with van der Waals surface area (Å²) >= 11 is 0. The Kier molecular flexibility index (Phi) is 2.84. The van der Waals surface area contributed by atoms with Gasteiger partial charge in [-0.25, -0.2) is 4.98 Å². The summed E-state index contributed by atoms with van der Waals surface area (Å²) in [6.45, 7) is 1.51. The number of nitriles is 1. The van der Waals surface area contributed by atoms with E-state index in [1.54, 1.807) is 6.07 Å². The van der Waals surface area contributed by atoms with E-state index >= 15 is 0 Å². The first-order valence-corrected chi connectivity index (χ1v) is 5.10. The van der Waals surface area contributed by atoms with Gasteiger partial charge in [0.05, 0.1) is 6.10 Å². The predicted octanol–water partition coefficient (Wildman–Crippen LogP) is 0.914. The highest BCUT2D eigenvalue weighted by Crippen LogP contribution is 2.17. The first-order valence-electron chi connectivity index (χ1n) is 5.10. The van der Waals surface area contributed by atoms with Crippen molar-refractivity contribution in [1.29, 1.82) is 5.26 Å². The van der Waals surface area contributed by atoms with E-state index in [4.69, 9.17) is 5.26 Å². The van der Waals surface area contributed by atoms with Crippen LogP contribution in [0.2, 0.25) is 0 Å². The zero-order valence-corrected chi connectivity index (χ0v) is 8.43. The van der Waals surface area contributed by atoms with Crippen LogP contribution in [0.25, 0.3) is 0 Å². The second-order valence-corrected chi connectivity index (χ2v) is 3.73. The van der Waals surface area contributed by atoms with Crippen molar-refractivity contribution in [2.24, 2.45) is 0 Å². The molecular weight excluding hydrogens is 190 g/mol. The molecule has 2 heterocycles. The van der Waals surface area contributed by atoms with Crippen molar-refractivity contribution in [2.45, 2.75) is 18.9 Å². The minimum absolute atomic E-state index is 0.272. The van der Waals surface area contributed by atoms with Crippen molar-refractivity contribution in [3.63, 3.8) is 0 Å². The minimum Gasteiger partial charge on any atom is -0.391 e. The number of aliphatic hydroxyl groups excluding tert-OH is 1. The van der Waals surface area contributed by atoms with Gasteiger partial charge in [0.2, 0.25) is 0 Å². The molecule has 78 valence electrons. The molecule has 1 N–H and O–H groups in total. The van der Waals surface area contributed by atoms with E-state index in [0.717, 1.165) is 25.2 Å². The van der Waals surface area contributed by atoms with Gasteiger partial charge in [0.25, 0.3) is 0 Å². The van der Waals surface area contributed by atoms with Crippen LogP contribution in [0.15, 0.2) is 18.2 Å². The summed E-state index contributed by atoms with van der Waals surface area (Å²) in [4.78, 5) is 6.23. The highest BCUT2D eigenvalue weighted by atomic mass is 16.3. The highest BCUT2D eigenvalue weighted by molar-refractivity contribution is 5.42.